The number of nitrogens with two attached hydrogens (primary N) is 1. The van der Waals surface area contributed by atoms with E-state index in [2.05, 4.69) is 17.4 Å². The molecule has 0 radical (unpaired) electrons. The molecule has 1 aromatic heterocycles. The lowest BCUT2D eigenvalue weighted by Gasteiger charge is -2.26. The van der Waals surface area contributed by atoms with Gasteiger partial charge in [0, 0.05) is 18.0 Å². The van der Waals surface area contributed by atoms with E-state index in [0.717, 1.165) is 52.8 Å². The van der Waals surface area contributed by atoms with Crippen molar-refractivity contribution in [3.63, 3.8) is 0 Å². The number of ether oxygens (including phenoxy) is 1. The third-order valence-electron chi connectivity index (χ3n) is 5.17. The number of anilines is 1. The average Bonchev–Trinajstić information content (AvgIpc) is 2.99. The van der Waals surface area contributed by atoms with Crippen molar-refractivity contribution in [2.75, 3.05) is 19.0 Å². The Morgan fingerprint density at radius 3 is 2.67 bits per heavy atom. The Bertz CT molecular complexity index is 847. The molecule has 0 amide bonds. The van der Waals surface area contributed by atoms with Crippen molar-refractivity contribution in [3.05, 3.63) is 36.4 Å². The first-order chi connectivity index (χ1) is 11.8. The summed E-state index contributed by atoms with van der Waals surface area (Å²) in [6.45, 7) is 0.963. The topological polar surface area (TPSA) is 60.4 Å². The van der Waals surface area contributed by atoms with Gasteiger partial charge in [0.15, 0.2) is 5.75 Å². The first-order valence-electron chi connectivity index (χ1n) is 8.74. The van der Waals surface area contributed by atoms with Gasteiger partial charge in [-0.1, -0.05) is 18.2 Å². The molecule has 4 heteroatoms. The minimum absolute atomic E-state index is 0.393. The van der Waals surface area contributed by atoms with Crippen LogP contribution in [0.15, 0.2) is 40.8 Å². The van der Waals surface area contributed by atoms with Gasteiger partial charge < -0.3 is 20.2 Å². The van der Waals surface area contributed by atoms with Gasteiger partial charge in [-0.3, -0.25) is 0 Å². The normalized spacial score (nSPS) is 21.2. The van der Waals surface area contributed by atoms with Crippen molar-refractivity contribution in [2.24, 2.45) is 11.7 Å². The van der Waals surface area contributed by atoms with Gasteiger partial charge >= 0.3 is 0 Å². The Morgan fingerprint density at radius 2 is 1.88 bits per heavy atom. The highest BCUT2D eigenvalue weighted by molar-refractivity contribution is 6.10. The zero-order chi connectivity index (χ0) is 16.5. The minimum atomic E-state index is 0.393. The molecule has 4 rings (SSSR count). The number of para-hydroxylation sites is 1. The third kappa shape index (κ3) is 2.71. The van der Waals surface area contributed by atoms with Crippen LogP contribution in [0.2, 0.25) is 0 Å². The van der Waals surface area contributed by atoms with Gasteiger partial charge in [0.25, 0.3) is 0 Å². The molecule has 0 atom stereocenters. The summed E-state index contributed by atoms with van der Waals surface area (Å²) in [7, 11) is 1.72. The molecular weight excluding hydrogens is 300 g/mol. The second-order valence-electron chi connectivity index (χ2n) is 6.78. The molecule has 3 N–H and O–H groups in total. The van der Waals surface area contributed by atoms with E-state index in [-0.39, 0.29) is 0 Å². The Hall–Kier alpha value is -2.20. The summed E-state index contributed by atoms with van der Waals surface area (Å²) >= 11 is 0. The second kappa shape index (κ2) is 6.36. The Kier molecular flexibility index (Phi) is 4.07. The predicted octanol–water partition coefficient (Wildman–Crippen LogP) is 4.52. The van der Waals surface area contributed by atoms with Crippen molar-refractivity contribution in [2.45, 2.75) is 31.7 Å². The van der Waals surface area contributed by atoms with Crippen LogP contribution < -0.4 is 15.8 Å². The fourth-order valence-corrected chi connectivity index (χ4v) is 3.78. The van der Waals surface area contributed by atoms with E-state index >= 15 is 0 Å². The first-order valence-corrected chi connectivity index (χ1v) is 8.74. The van der Waals surface area contributed by atoms with Crippen LogP contribution in [0.1, 0.15) is 25.7 Å². The monoisotopic (exact) mass is 324 g/mol. The number of hydrogen-bond acceptors (Lipinski definition) is 4. The summed E-state index contributed by atoms with van der Waals surface area (Å²) in [6, 6.07) is 12.6. The molecule has 1 saturated carbocycles. The van der Waals surface area contributed by atoms with Crippen LogP contribution in [0.4, 0.5) is 5.69 Å². The summed E-state index contributed by atoms with van der Waals surface area (Å²) in [5.41, 5.74) is 8.79. The summed E-state index contributed by atoms with van der Waals surface area (Å²) in [5.74, 6) is 1.55. The summed E-state index contributed by atoms with van der Waals surface area (Å²) in [5, 5.41) is 5.73. The van der Waals surface area contributed by atoms with Crippen molar-refractivity contribution in [1.82, 2.24) is 0 Å². The lowest BCUT2D eigenvalue weighted by Crippen LogP contribution is -2.29. The van der Waals surface area contributed by atoms with Gasteiger partial charge in [0.05, 0.1) is 18.2 Å². The molecule has 126 valence electrons. The maximum Gasteiger partial charge on any atom is 0.153 e. The van der Waals surface area contributed by atoms with Gasteiger partial charge in [-0.15, -0.1) is 0 Å². The molecule has 0 aliphatic heterocycles. The van der Waals surface area contributed by atoms with Gasteiger partial charge in [-0.05, 0) is 49.8 Å². The maximum atomic E-state index is 6.00. The molecule has 0 bridgehead atoms. The van der Waals surface area contributed by atoms with Crippen molar-refractivity contribution < 1.29 is 9.15 Å². The van der Waals surface area contributed by atoms with E-state index in [1.807, 2.05) is 24.3 Å². The standard InChI is InChI=1S/C20H24N2O2/c1-23-20-16(22-12-13-6-8-14(21)9-7-13)10-11-18-19(20)15-4-2-3-5-17(15)24-18/h2-5,10-11,13-14,22H,6-9,12,21H2,1H3. The first kappa shape index (κ1) is 15.3. The zero-order valence-corrected chi connectivity index (χ0v) is 14.0. The molecule has 24 heavy (non-hydrogen) atoms. The molecule has 0 spiro atoms. The fraction of sp³-hybridized carbons (Fsp3) is 0.400. The second-order valence-corrected chi connectivity index (χ2v) is 6.78. The fourth-order valence-electron chi connectivity index (χ4n) is 3.78. The largest absolute Gasteiger partial charge is 0.494 e. The zero-order valence-electron chi connectivity index (χ0n) is 14.0. The van der Waals surface area contributed by atoms with Crippen LogP contribution in [0.5, 0.6) is 5.75 Å². The highest BCUT2D eigenvalue weighted by atomic mass is 16.5. The van der Waals surface area contributed by atoms with Crippen molar-refractivity contribution in [3.8, 4) is 5.75 Å². The van der Waals surface area contributed by atoms with E-state index in [0.29, 0.717) is 12.0 Å². The van der Waals surface area contributed by atoms with Gasteiger partial charge in [0.2, 0.25) is 0 Å². The van der Waals surface area contributed by atoms with Gasteiger partial charge in [-0.25, -0.2) is 0 Å². The van der Waals surface area contributed by atoms with Crippen LogP contribution in [0.3, 0.4) is 0 Å². The number of furan rings is 1. The number of methoxy groups -OCH3 is 1. The van der Waals surface area contributed by atoms with Gasteiger partial charge in [-0.2, -0.15) is 0 Å². The van der Waals surface area contributed by atoms with Crippen molar-refractivity contribution in [1.29, 1.82) is 0 Å². The lowest BCUT2D eigenvalue weighted by atomic mass is 9.86. The van der Waals surface area contributed by atoms with E-state index in [1.54, 1.807) is 7.11 Å². The number of benzene rings is 2. The van der Waals surface area contributed by atoms with Crippen LogP contribution in [0.25, 0.3) is 21.9 Å². The minimum Gasteiger partial charge on any atom is -0.494 e. The molecule has 1 aliphatic carbocycles. The molecular formula is C20H24N2O2. The third-order valence-corrected chi connectivity index (χ3v) is 5.17. The maximum absolute atomic E-state index is 6.00. The van der Waals surface area contributed by atoms with Crippen LogP contribution >= 0.6 is 0 Å². The molecule has 1 heterocycles. The predicted molar refractivity (Wildman–Crippen MR) is 98.7 cm³/mol. The summed E-state index contributed by atoms with van der Waals surface area (Å²) < 4.78 is 11.7. The SMILES string of the molecule is COc1c(NCC2CCC(N)CC2)ccc2oc3ccccc3c12. The van der Waals surface area contributed by atoms with E-state index in [9.17, 15) is 0 Å². The van der Waals surface area contributed by atoms with Crippen LogP contribution in [-0.4, -0.2) is 19.7 Å². The molecule has 3 aromatic rings. The van der Waals surface area contributed by atoms with E-state index in [1.165, 1.54) is 12.8 Å². The number of fused-ring (bicyclic) bond motifs is 3. The lowest BCUT2D eigenvalue weighted by molar-refractivity contribution is 0.338. The molecule has 4 nitrogen and oxygen atoms in total. The Labute approximate surface area is 142 Å². The molecule has 1 fully saturated rings. The summed E-state index contributed by atoms with van der Waals surface area (Å²) in [4.78, 5) is 0. The highest BCUT2D eigenvalue weighted by Crippen LogP contribution is 2.40. The average molecular weight is 324 g/mol. The van der Waals surface area contributed by atoms with E-state index < -0.39 is 0 Å². The molecule has 0 unspecified atom stereocenters. The number of hydrogen-bond donors (Lipinski definition) is 2. The van der Waals surface area contributed by atoms with Crippen LogP contribution in [-0.2, 0) is 0 Å². The van der Waals surface area contributed by atoms with Crippen LogP contribution in [0, 0.1) is 5.92 Å². The number of nitrogens with one attached hydrogen (secondary N) is 1. The van der Waals surface area contributed by atoms with E-state index in [4.69, 9.17) is 14.9 Å². The smallest absolute Gasteiger partial charge is 0.153 e. The molecule has 1 aliphatic rings. The quantitative estimate of drug-likeness (QED) is 0.740. The molecule has 2 aromatic carbocycles. The highest BCUT2D eigenvalue weighted by Gasteiger charge is 2.20. The number of rotatable bonds is 4. The Morgan fingerprint density at radius 1 is 1.08 bits per heavy atom. The molecule has 0 saturated heterocycles. The summed E-state index contributed by atoms with van der Waals surface area (Å²) in [6.07, 6.45) is 4.67. The Balaban J connectivity index is 1.64. The van der Waals surface area contributed by atoms with Crippen molar-refractivity contribution >= 4 is 27.6 Å². The van der Waals surface area contributed by atoms with Gasteiger partial charge in [0.1, 0.15) is 11.2 Å².